The van der Waals surface area contributed by atoms with Gasteiger partial charge in [0, 0.05) is 23.3 Å². The Balaban J connectivity index is 2.14. The van der Waals surface area contributed by atoms with E-state index in [9.17, 15) is 15.0 Å². The fourth-order valence-electron chi connectivity index (χ4n) is 2.97. The second kappa shape index (κ2) is 6.96. The molecule has 0 saturated heterocycles. The first kappa shape index (κ1) is 17.0. The second-order valence-corrected chi connectivity index (χ2v) is 5.88. The third-order valence-electron chi connectivity index (χ3n) is 4.14. The second-order valence-electron chi connectivity index (χ2n) is 5.88. The maximum Gasteiger partial charge on any atom is 0.253 e. The van der Waals surface area contributed by atoms with Crippen LogP contribution >= 0.6 is 0 Å². The highest BCUT2D eigenvalue weighted by Crippen LogP contribution is 2.31. The summed E-state index contributed by atoms with van der Waals surface area (Å²) in [6.07, 6.45) is -1.01. The molecule has 1 amide bonds. The molecule has 1 aromatic heterocycles. The Hall–Kier alpha value is -2.83. The van der Waals surface area contributed by atoms with Crippen LogP contribution in [0.15, 0.2) is 48.5 Å². The highest BCUT2D eigenvalue weighted by Gasteiger charge is 2.21. The zero-order chi connectivity index (χ0) is 18.0. The lowest BCUT2D eigenvalue weighted by Crippen LogP contribution is -2.34. The van der Waals surface area contributed by atoms with Crippen LogP contribution in [-0.2, 0) is 0 Å². The lowest BCUT2D eigenvalue weighted by atomic mass is 10.1. The van der Waals surface area contributed by atoms with E-state index in [4.69, 9.17) is 5.11 Å². The van der Waals surface area contributed by atoms with E-state index in [1.807, 2.05) is 41.8 Å². The number of aromatic nitrogens is 1. The number of carbonyl (C=O) groups excluding carboxylic acids is 1. The van der Waals surface area contributed by atoms with Crippen LogP contribution < -0.4 is 5.32 Å². The van der Waals surface area contributed by atoms with Crippen molar-refractivity contribution in [1.29, 1.82) is 0 Å². The minimum absolute atomic E-state index is 0.0500. The normalized spacial score (nSPS) is 12.3. The van der Waals surface area contributed by atoms with E-state index in [0.29, 0.717) is 10.9 Å². The molecule has 1 heterocycles. The first-order valence-corrected chi connectivity index (χ1v) is 7.99. The minimum Gasteiger partial charge on any atom is -0.508 e. The number of aliphatic hydroxyl groups excluding tert-OH is 2. The summed E-state index contributed by atoms with van der Waals surface area (Å²) < 4.78 is 1.95. The molecule has 4 N–H and O–H groups in total. The Bertz CT molecular complexity index is 903. The van der Waals surface area contributed by atoms with Crippen LogP contribution in [0.4, 0.5) is 0 Å². The summed E-state index contributed by atoms with van der Waals surface area (Å²) in [4.78, 5) is 12.7. The number of phenols is 1. The lowest BCUT2D eigenvalue weighted by Gasteiger charge is -2.10. The fourth-order valence-corrected chi connectivity index (χ4v) is 2.97. The molecule has 0 bridgehead atoms. The van der Waals surface area contributed by atoms with Gasteiger partial charge in [0.2, 0.25) is 0 Å². The number of aliphatic hydroxyl groups is 2. The Kier molecular flexibility index (Phi) is 4.74. The van der Waals surface area contributed by atoms with Gasteiger partial charge in [-0.15, -0.1) is 0 Å². The van der Waals surface area contributed by atoms with Crippen molar-refractivity contribution in [3.63, 3.8) is 0 Å². The van der Waals surface area contributed by atoms with Crippen LogP contribution in [0.3, 0.4) is 0 Å². The van der Waals surface area contributed by atoms with Crippen molar-refractivity contribution in [2.75, 3.05) is 13.2 Å². The molecule has 1 unspecified atom stereocenters. The van der Waals surface area contributed by atoms with Crippen LogP contribution in [-0.4, -0.2) is 45.0 Å². The third kappa shape index (κ3) is 3.22. The molecular formula is C19H20N2O4. The molecule has 3 aromatic rings. The maximum atomic E-state index is 12.7. The van der Waals surface area contributed by atoms with E-state index in [0.717, 1.165) is 16.9 Å². The summed E-state index contributed by atoms with van der Waals surface area (Å²) in [6, 6.07) is 14.5. The molecule has 0 radical (unpaired) electrons. The molecule has 0 fully saturated rings. The van der Waals surface area contributed by atoms with Gasteiger partial charge in [0.05, 0.1) is 23.8 Å². The zero-order valence-electron chi connectivity index (χ0n) is 13.8. The molecule has 1 atom stereocenters. The number of carbonyl (C=O) groups is 1. The Labute approximate surface area is 145 Å². The summed E-state index contributed by atoms with van der Waals surface area (Å²) in [5, 5.41) is 31.4. The quantitative estimate of drug-likeness (QED) is 0.569. The van der Waals surface area contributed by atoms with Crippen molar-refractivity contribution >= 4 is 16.8 Å². The van der Waals surface area contributed by atoms with Gasteiger partial charge in [0.1, 0.15) is 5.75 Å². The largest absolute Gasteiger partial charge is 0.508 e. The maximum absolute atomic E-state index is 12.7. The number of nitrogens with zero attached hydrogens (tertiary/aromatic N) is 1. The number of aromatic hydroxyl groups is 1. The fraction of sp³-hybridized carbons (Fsp3) is 0.211. The number of benzene rings is 2. The van der Waals surface area contributed by atoms with Gasteiger partial charge in [0.15, 0.2) is 0 Å². The molecule has 0 aliphatic heterocycles. The van der Waals surface area contributed by atoms with Gasteiger partial charge in [-0.25, -0.2) is 0 Å². The monoisotopic (exact) mass is 340 g/mol. The van der Waals surface area contributed by atoms with Crippen molar-refractivity contribution in [3.05, 3.63) is 59.8 Å². The van der Waals surface area contributed by atoms with Crippen LogP contribution in [0.5, 0.6) is 5.75 Å². The van der Waals surface area contributed by atoms with E-state index in [2.05, 4.69) is 5.32 Å². The number of fused-ring (bicyclic) bond motifs is 1. The van der Waals surface area contributed by atoms with Crippen molar-refractivity contribution < 1.29 is 20.1 Å². The van der Waals surface area contributed by atoms with E-state index >= 15 is 0 Å². The minimum atomic E-state index is -1.01. The predicted octanol–water partition coefficient (Wildman–Crippen LogP) is 1.73. The van der Waals surface area contributed by atoms with E-state index < -0.39 is 12.7 Å². The first-order chi connectivity index (χ1) is 12.0. The summed E-state index contributed by atoms with van der Waals surface area (Å²) in [6.45, 7) is 1.36. The summed E-state index contributed by atoms with van der Waals surface area (Å²) >= 11 is 0. The molecule has 0 spiro atoms. The average molecular weight is 340 g/mol. The third-order valence-corrected chi connectivity index (χ3v) is 4.14. The van der Waals surface area contributed by atoms with E-state index in [1.54, 1.807) is 18.2 Å². The number of nitrogens with one attached hydrogen (secondary N) is 1. The van der Waals surface area contributed by atoms with Gasteiger partial charge < -0.3 is 25.2 Å². The van der Waals surface area contributed by atoms with Crippen molar-refractivity contribution in [2.45, 2.75) is 13.0 Å². The molecule has 0 aliphatic rings. The molecule has 6 nitrogen and oxygen atoms in total. The van der Waals surface area contributed by atoms with Crippen LogP contribution in [0.25, 0.3) is 16.6 Å². The molecule has 3 rings (SSSR count). The van der Waals surface area contributed by atoms with Crippen LogP contribution in [0.1, 0.15) is 16.1 Å². The smallest absolute Gasteiger partial charge is 0.253 e. The standard InChI is InChI=1S/C19H20N2O4/c1-12-18(19(25)20-10-15(24)11-22)16-9-14(23)7-8-17(16)21(12)13-5-3-2-4-6-13/h2-9,15,22-24H,10-11H2,1H3,(H,20,25). The van der Waals surface area contributed by atoms with Crippen molar-refractivity contribution in [3.8, 4) is 11.4 Å². The predicted molar refractivity (Wildman–Crippen MR) is 95.1 cm³/mol. The number of hydrogen-bond donors (Lipinski definition) is 4. The SMILES string of the molecule is Cc1c(C(=O)NCC(O)CO)c2cc(O)ccc2n1-c1ccccc1. The lowest BCUT2D eigenvalue weighted by molar-refractivity contribution is 0.0802. The van der Waals surface area contributed by atoms with Crippen molar-refractivity contribution in [2.24, 2.45) is 0 Å². The molecular weight excluding hydrogens is 320 g/mol. The van der Waals surface area contributed by atoms with Crippen molar-refractivity contribution in [1.82, 2.24) is 9.88 Å². The number of phenolic OH excluding ortho intramolecular Hbond substituents is 1. The van der Waals surface area contributed by atoms with Gasteiger partial charge in [-0.2, -0.15) is 0 Å². The average Bonchev–Trinajstić information content (AvgIpc) is 2.91. The number of para-hydroxylation sites is 1. The molecule has 0 saturated carbocycles. The van der Waals surface area contributed by atoms with Gasteiger partial charge in [-0.1, -0.05) is 18.2 Å². The summed E-state index contributed by atoms with van der Waals surface area (Å²) in [5.41, 5.74) is 2.86. The molecule has 130 valence electrons. The van der Waals surface area contributed by atoms with E-state index in [1.165, 1.54) is 0 Å². The van der Waals surface area contributed by atoms with Gasteiger partial charge in [-0.05, 0) is 37.3 Å². The zero-order valence-corrected chi connectivity index (χ0v) is 13.8. The Morgan fingerprint density at radius 3 is 2.60 bits per heavy atom. The van der Waals surface area contributed by atoms with Gasteiger partial charge in [-0.3, -0.25) is 4.79 Å². The highest BCUT2D eigenvalue weighted by atomic mass is 16.3. The molecule has 6 heteroatoms. The van der Waals surface area contributed by atoms with Gasteiger partial charge in [0.25, 0.3) is 5.91 Å². The molecule has 2 aromatic carbocycles. The van der Waals surface area contributed by atoms with E-state index in [-0.39, 0.29) is 18.2 Å². The van der Waals surface area contributed by atoms with Gasteiger partial charge >= 0.3 is 0 Å². The molecule has 25 heavy (non-hydrogen) atoms. The number of rotatable bonds is 5. The summed E-state index contributed by atoms with van der Waals surface area (Å²) in [5.74, 6) is -0.294. The van der Waals surface area contributed by atoms with Crippen LogP contribution in [0, 0.1) is 6.92 Å². The highest BCUT2D eigenvalue weighted by molar-refractivity contribution is 6.09. The molecule has 0 aliphatic carbocycles. The number of hydrogen-bond acceptors (Lipinski definition) is 4. The first-order valence-electron chi connectivity index (χ1n) is 7.99. The van der Waals surface area contributed by atoms with Crippen LogP contribution in [0.2, 0.25) is 0 Å². The Morgan fingerprint density at radius 2 is 1.92 bits per heavy atom. The Morgan fingerprint density at radius 1 is 1.20 bits per heavy atom. The topological polar surface area (TPSA) is 94.7 Å². The summed E-state index contributed by atoms with van der Waals surface area (Å²) in [7, 11) is 0. The number of amides is 1.